The lowest BCUT2D eigenvalue weighted by Crippen LogP contribution is -2.41. The van der Waals surface area contributed by atoms with Gasteiger partial charge in [0, 0.05) is 37.6 Å². The summed E-state index contributed by atoms with van der Waals surface area (Å²) < 4.78 is 3.51. The van der Waals surface area contributed by atoms with Crippen LogP contribution >= 0.6 is 11.6 Å². The quantitative estimate of drug-likeness (QED) is 0.432. The second-order valence-corrected chi connectivity index (χ2v) is 9.24. The van der Waals surface area contributed by atoms with Gasteiger partial charge in [-0.1, -0.05) is 17.7 Å². The van der Waals surface area contributed by atoms with Crippen LogP contribution in [0.25, 0.3) is 11.0 Å². The SMILES string of the molecule is CN(C)Cc1ccc2c(C(=O)N3CCc4[nH]cnc4C3c3cc4c(Cl)cccn4n3)cnn2c1. The summed E-state index contributed by atoms with van der Waals surface area (Å²) >= 11 is 6.40. The molecule has 0 bridgehead atoms. The maximum absolute atomic E-state index is 13.9. The molecule has 9 nitrogen and oxygen atoms in total. The molecular weight excluding hydrogens is 452 g/mol. The number of aromatic nitrogens is 6. The van der Waals surface area contributed by atoms with Gasteiger partial charge in [-0.05, 0) is 43.9 Å². The molecule has 6 rings (SSSR count). The Morgan fingerprint density at radius 2 is 2.12 bits per heavy atom. The van der Waals surface area contributed by atoms with Crippen molar-refractivity contribution < 1.29 is 4.79 Å². The fourth-order valence-electron chi connectivity index (χ4n) is 4.73. The Balaban J connectivity index is 1.42. The summed E-state index contributed by atoms with van der Waals surface area (Å²) in [6, 6.07) is 9.18. The maximum atomic E-state index is 13.9. The molecule has 1 N–H and O–H groups in total. The summed E-state index contributed by atoms with van der Waals surface area (Å²) in [7, 11) is 4.04. The van der Waals surface area contributed by atoms with Gasteiger partial charge in [-0.2, -0.15) is 10.2 Å². The number of aromatic amines is 1. The van der Waals surface area contributed by atoms with Crippen molar-refractivity contribution in [2.24, 2.45) is 0 Å². The van der Waals surface area contributed by atoms with Crippen molar-refractivity contribution in [2.75, 3.05) is 20.6 Å². The molecule has 1 aliphatic heterocycles. The average Bonchev–Trinajstić information content (AvgIpc) is 3.55. The van der Waals surface area contributed by atoms with Crippen LogP contribution < -0.4 is 0 Å². The Morgan fingerprint density at radius 1 is 1.24 bits per heavy atom. The van der Waals surface area contributed by atoms with Crippen LogP contribution in [0.1, 0.15) is 39.0 Å². The first-order valence-electron chi connectivity index (χ1n) is 11.1. The van der Waals surface area contributed by atoms with Crippen LogP contribution in [0.3, 0.4) is 0 Å². The summed E-state index contributed by atoms with van der Waals surface area (Å²) in [6.07, 6.45) is 7.83. The number of nitrogens with zero attached hydrogens (tertiary/aromatic N) is 7. The fourth-order valence-corrected chi connectivity index (χ4v) is 4.95. The van der Waals surface area contributed by atoms with Crippen molar-refractivity contribution in [1.82, 2.24) is 39.0 Å². The molecule has 1 amide bonds. The number of halogens is 1. The minimum absolute atomic E-state index is 0.0998. The Morgan fingerprint density at radius 3 is 2.94 bits per heavy atom. The van der Waals surface area contributed by atoms with Crippen molar-refractivity contribution in [1.29, 1.82) is 0 Å². The molecule has 0 radical (unpaired) electrons. The number of H-pyrrole nitrogens is 1. The van der Waals surface area contributed by atoms with Gasteiger partial charge in [-0.25, -0.2) is 14.0 Å². The molecule has 0 fully saturated rings. The average molecular weight is 475 g/mol. The molecule has 5 aromatic rings. The summed E-state index contributed by atoms with van der Waals surface area (Å²) in [6.45, 7) is 1.34. The lowest BCUT2D eigenvalue weighted by atomic mass is 9.98. The number of fused-ring (bicyclic) bond motifs is 3. The van der Waals surface area contributed by atoms with Gasteiger partial charge in [0.1, 0.15) is 6.04 Å². The zero-order valence-corrected chi connectivity index (χ0v) is 19.6. The topological polar surface area (TPSA) is 86.8 Å². The van der Waals surface area contributed by atoms with Gasteiger partial charge in [0.05, 0.1) is 45.5 Å². The number of hydrogen-bond donors (Lipinski definition) is 1. The van der Waals surface area contributed by atoms with Gasteiger partial charge in [-0.3, -0.25) is 4.79 Å². The third-order valence-electron chi connectivity index (χ3n) is 6.24. The number of amides is 1. The van der Waals surface area contributed by atoms with E-state index in [0.29, 0.717) is 23.6 Å². The van der Waals surface area contributed by atoms with E-state index in [1.165, 1.54) is 0 Å². The highest BCUT2D eigenvalue weighted by Gasteiger charge is 2.37. The molecule has 0 spiro atoms. The minimum Gasteiger partial charge on any atom is -0.348 e. The van der Waals surface area contributed by atoms with E-state index in [-0.39, 0.29) is 5.91 Å². The van der Waals surface area contributed by atoms with Gasteiger partial charge < -0.3 is 14.8 Å². The molecular formula is C24H23ClN8O. The van der Waals surface area contributed by atoms with Crippen LogP contribution in [0.5, 0.6) is 0 Å². The second-order valence-electron chi connectivity index (χ2n) is 8.84. The lowest BCUT2D eigenvalue weighted by Gasteiger charge is -2.33. The minimum atomic E-state index is -0.429. The number of imidazole rings is 1. The van der Waals surface area contributed by atoms with Crippen LogP contribution in [-0.2, 0) is 13.0 Å². The monoisotopic (exact) mass is 474 g/mol. The Labute approximate surface area is 200 Å². The number of nitrogens with one attached hydrogen (secondary N) is 1. The first kappa shape index (κ1) is 20.9. The number of carbonyl (C=O) groups excluding carboxylic acids is 1. The van der Waals surface area contributed by atoms with E-state index in [2.05, 4.69) is 20.0 Å². The fraction of sp³-hybridized carbons (Fsp3) is 0.250. The van der Waals surface area contributed by atoms with Crippen molar-refractivity contribution in [3.8, 4) is 0 Å². The molecule has 0 saturated heterocycles. The second kappa shape index (κ2) is 7.96. The molecule has 1 atom stereocenters. The molecule has 6 heterocycles. The molecule has 10 heteroatoms. The standard InChI is InChI=1S/C24H23ClN8O/c1-30(2)12-15-5-6-20-16(11-28-33(20)13-15)24(34)31-9-7-18-22(27-14-26-18)23(31)19-10-21-17(25)4-3-8-32(21)29-19/h3-6,8,10-11,13-14,23H,7,9,12H2,1-2H3,(H,26,27). The number of pyridine rings is 2. The van der Waals surface area contributed by atoms with Crippen molar-refractivity contribution in [3.05, 3.63) is 88.5 Å². The highest BCUT2D eigenvalue weighted by atomic mass is 35.5. The van der Waals surface area contributed by atoms with E-state index in [4.69, 9.17) is 16.7 Å². The van der Waals surface area contributed by atoms with Crippen LogP contribution in [0.15, 0.2) is 55.2 Å². The van der Waals surface area contributed by atoms with Gasteiger partial charge in [0.25, 0.3) is 5.91 Å². The highest BCUT2D eigenvalue weighted by molar-refractivity contribution is 6.33. The summed E-state index contributed by atoms with van der Waals surface area (Å²) in [5.41, 5.74) is 5.80. The van der Waals surface area contributed by atoms with Gasteiger partial charge in [0.2, 0.25) is 0 Å². The van der Waals surface area contributed by atoms with E-state index >= 15 is 0 Å². The summed E-state index contributed by atoms with van der Waals surface area (Å²) in [5.74, 6) is -0.0998. The largest absolute Gasteiger partial charge is 0.348 e. The number of hydrogen-bond acceptors (Lipinski definition) is 5. The number of carbonyl (C=O) groups is 1. The molecule has 0 saturated carbocycles. The summed E-state index contributed by atoms with van der Waals surface area (Å²) in [4.78, 5) is 25.6. The van der Waals surface area contributed by atoms with E-state index in [0.717, 1.165) is 40.2 Å². The Kier molecular flexibility index (Phi) is 4.89. The zero-order chi connectivity index (χ0) is 23.4. The van der Waals surface area contributed by atoms with Gasteiger partial charge in [-0.15, -0.1) is 0 Å². The van der Waals surface area contributed by atoms with E-state index < -0.39 is 6.04 Å². The molecule has 172 valence electrons. The van der Waals surface area contributed by atoms with Crippen LogP contribution in [0.4, 0.5) is 0 Å². The zero-order valence-electron chi connectivity index (χ0n) is 18.8. The molecule has 5 aromatic heterocycles. The van der Waals surface area contributed by atoms with Crippen LogP contribution in [0.2, 0.25) is 5.02 Å². The number of rotatable bonds is 4. The molecule has 34 heavy (non-hydrogen) atoms. The van der Waals surface area contributed by atoms with Gasteiger partial charge >= 0.3 is 0 Å². The van der Waals surface area contributed by atoms with Gasteiger partial charge in [0.15, 0.2) is 0 Å². The van der Waals surface area contributed by atoms with E-state index in [1.54, 1.807) is 21.6 Å². The van der Waals surface area contributed by atoms with E-state index in [9.17, 15) is 4.79 Å². The van der Waals surface area contributed by atoms with E-state index in [1.807, 2.05) is 61.7 Å². The third kappa shape index (κ3) is 3.36. The molecule has 0 aliphatic carbocycles. The van der Waals surface area contributed by atoms with Crippen molar-refractivity contribution in [3.63, 3.8) is 0 Å². The lowest BCUT2D eigenvalue weighted by molar-refractivity contribution is 0.0689. The normalized spacial score (nSPS) is 16.0. The molecule has 0 aromatic carbocycles. The third-order valence-corrected chi connectivity index (χ3v) is 6.56. The maximum Gasteiger partial charge on any atom is 0.258 e. The Bertz CT molecular complexity index is 1530. The molecule has 1 unspecified atom stereocenters. The smallest absolute Gasteiger partial charge is 0.258 e. The molecule has 1 aliphatic rings. The predicted octanol–water partition coefficient (Wildman–Crippen LogP) is 3.21. The van der Waals surface area contributed by atoms with Crippen molar-refractivity contribution in [2.45, 2.75) is 19.0 Å². The highest BCUT2D eigenvalue weighted by Crippen LogP contribution is 2.35. The van der Waals surface area contributed by atoms with Crippen molar-refractivity contribution >= 4 is 28.5 Å². The Hall–Kier alpha value is -3.69. The summed E-state index contributed by atoms with van der Waals surface area (Å²) in [5, 5.41) is 9.83. The van der Waals surface area contributed by atoms with Crippen LogP contribution in [0, 0.1) is 0 Å². The first-order valence-corrected chi connectivity index (χ1v) is 11.5. The first-order chi connectivity index (χ1) is 16.5. The predicted molar refractivity (Wildman–Crippen MR) is 128 cm³/mol. The van der Waals surface area contributed by atoms with Crippen LogP contribution in [-0.4, -0.2) is 65.5 Å².